The van der Waals surface area contributed by atoms with Crippen molar-refractivity contribution in [1.82, 2.24) is 10.6 Å². The van der Waals surface area contributed by atoms with E-state index in [1.807, 2.05) is 54.7 Å². The van der Waals surface area contributed by atoms with E-state index in [0.29, 0.717) is 18.0 Å². The summed E-state index contributed by atoms with van der Waals surface area (Å²) in [5.41, 5.74) is 1.40. The molecule has 2 rings (SSSR count). The molecule has 12 heteroatoms. The molecule has 0 amide bonds. The van der Waals surface area contributed by atoms with Crippen molar-refractivity contribution in [3.63, 3.8) is 0 Å². The van der Waals surface area contributed by atoms with Crippen LogP contribution in [-0.2, 0) is 42.3 Å². The molecule has 0 aliphatic rings. The number of amidine groups is 2. The van der Waals surface area contributed by atoms with Crippen LogP contribution in [0.2, 0.25) is 0 Å². The molecule has 2 aromatic rings. The number of hydrogen-bond acceptors (Lipinski definition) is 6. The Kier molecular flexibility index (Phi) is 10.8. The van der Waals surface area contributed by atoms with E-state index >= 15 is 0 Å². The van der Waals surface area contributed by atoms with Crippen LogP contribution < -0.4 is 10.6 Å². The van der Waals surface area contributed by atoms with Crippen molar-refractivity contribution in [2.75, 3.05) is 13.1 Å². The van der Waals surface area contributed by atoms with E-state index in [2.05, 4.69) is 25.7 Å². The minimum Gasteiger partial charge on any atom is -0.741 e. The van der Waals surface area contributed by atoms with Crippen LogP contribution in [0.3, 0.4) is 0 Å². The quantitative estimate of drug-likeness (QED) is 0.203. The Morgan fingerprint density at radius 2 is 1.52 bits per heavy atom. The smallest absolute Gasteiger partial charge is 0.741 e. The summed E-state index contributed by atoms with van der Waals surface area (Å²) < 4.78 is 36.9. The maximum Gasteiger partial charge on any atom is 2.00 e. The number of nitrogens with one attached hydrogen (secondary N) is 2. The Bertz CT molecular complexity index is 1000. The molecule has 1 radical (unpaired) electrons. The first kappa shape index (κ1) is 26.8. The van der Waals surface area contributed by atoms with Crippen molar-refractivity contribution < 1.29 is 30.2 Å². The maximum absolute atomic E-state index is 12.3. The monoisotopic (exact) mass is 515 g/mol. The normalized spacial score (nSPS) is 13.7. The second-order valence-electron chi connectivity index (χ2n) is 5.97. The van der Waals surface area contributed by atoms with Crippen LogP contribution in [0.25, 0.3) is 10.8 Å². The standard InChI is InChI=1S/C19H21F3N6S2.Cu/c1-3-23-17(29)28-26-16(12(2)25-27-18(30)24-11-19(20,21)22)15-10-6-8-13-7-4-5-9-14(13)15;/h4-10H,3,11H2,1-2H3,(H2,23,28,29)(H2,24,27,30);/q;+2/p-2. The number of fused-ring (bicyclic) bond motifs is 1. The average Bonchev–Trinajstić information content (AvgIpc) is 2.70. The molecular formula is C19H19CuF3N6S2. The molecule has 0 spiro atoms. The molecule has 169 valence electrons. The fourth-order valence-corrected chi connectivity index (χ4v) is 2.71. The van der Waals surface area contributed by atoms with Gasteiger partial charge in [-0.1, -0.05) is 42.5 Å². The number of benzene rings is 2. The van der Waals surface area contributed by atoms with Gasteiger partial charge < -0.3 is 35.9 Å². The molecule has 0 aliphatic carbocycles. The molecule has 0 aliphatic heterocycles. The van der Waals surface area contributed by atoms with Gasteiger partial charge in [0.25, 0.3) is 0 Å². The van der Waals surface area contributed by atoms with Gasteiger partial charge in [0, 0.05) is 12.1 Å². The van der Waals surface area contributed by atoms with Crippen molar-refractivity contribution in [3.8, 4) is 0 Å². The number of hydrogen-bond donors (Lipinski definition) is 2. The first-order valence-electron chi connectivity index (χ1n) is 8.86. The minimum atomic E-state index is -4.41. The third kappa shape index (κ3) is 8.78. The molecule has 0 saturated carbocycles. The molecule has 0 saturated heterocycles. The van der Waals surface area contributed by atoms with E-state index in [4.69, 9.17) is 25.3 Å². The van der Waals surface area contributed by atoms with E-state index in [-0.39, 0.29) is 27.4 Å². The van der Waals surface area contributed by atoms with Gasteiger partial charge in [-0.05, 0) is 35.0 Å². The van der Waals surface area contributed by atoms with Gasteiger partial charge in [-0.2, -0.15) is 28.5 Å². The van der Waals surface area contributed by atoms with Crippen LogP contribution in [0, 0.1) is 0 Å². The van der Waals surface area contributed by atoms with Crippen LogP contribution in [-0.4, -0.2) is 41.0 Å². The van der Waals surface area contributed by atoms with Gasteiger partial charge in [-0.15, -0.1) is 5.10 Å². The Morgan fingerprint density at radius 1 is 0.903 bits per heavy atom. The van der Waals surface area contributed by atoms with Gasteiger partial charge in [-0.25, -0.2) is 0 Å². The fraction of sp³-hybridized carbons (Fsp3) is 0.263. The molecule has 0 aromatic heterocycles. The summed E-state index contributed by atoms with van der Waals surface area (Å²) in [6, 6.07) is 13.3. The van der Waals surface area contributed by atoms with E-state index in [9.17, 15) is 13.2 Å². The van der Waals surface area contributed by atoms with Gasteiger partial charge >= 0.3 is 23.2 Å². The number of alkyl halides is 3. The Morgan fingerprint density at radius 3 is 2.19 bits per heavy atom. The second-order valence-corrected chi connectivity index (χ2v) is 6.74. The zero-order chi connectivity index (χ0) is 22.1. The molecule has 0 heterocycles. The van der Waals surface area contributed by atoms with Gasteiger partial charge in [0.1, 0.15) is 12.3 Å². The maximum atomic E-state index is 12.3. The fourth-order valence-electron chi connectivity index (χ4n) is 2.41. The molecule has 2 aromatic carbocycles. The third-order valence-corrected chi connectivity index (χ3v) is 4.14. The number of halogens is 3. The van der Waals surface area contributed by atoms with E-state index in [0.717, 1.165) is 16.3 Å². The first-order chi connectivity index (χ1) is 14.2. The Balaban J connectivity index is 0.00000480. The van der Waals surface area contributed by atoms with Gasteiger partial charge in [0.2, 0.25) is 0 Å². The SMILES string of the molecule is CCNC([S-])=NN=C(C(C)=NN=C([S-])NCC(F)(F)F)c1cccc2ccccc12.[Cu+2]. The van der Waals surface area contributed by atoms with Crippen LogP contribution in [0.4, 0.5) is 13.2 Å². The van der Waals surface area contributed by atoms with Gasteiger partial charge in [0.15, 0.2) is 0 Å². The summed E-state index contributed by atoms with van der Waals surface area (Å²) in [7, 11) is 0. The van der Waals surface area contributed by atoms with Crippen LogP contribution >= 0.6 is 0 Å². The molecule has 0 fully saturated rings. The summed E-state index contributed by atoms with van der Waals surface area (Å²) in [5.74, 6) is 0. The first-order valence-corrected chi connectivity index (χ1v) is 9.68. The molecular weight excluding hydrogens is 497 g/mol. The zero-order valence-corrected chi connectivity index (χ0v) is 19.1. The number of rotatable bonds is 6. The molecule has 0 unspecified atom stereocenters. The van der Waals surface area contributed by atoms with Crippen LogP contribution in [0.5, 0.6) is 0 Å². The predicted molar refractivity (Wildman–Crippen MR) is 121 cm³/mol. The minimum absolute atomic E-state index is 0. The predicted octanol–water partition coefficient (Wildman–Crippen LogP) is 3.48. The van der Waals surface area contributed by atoms with Crippen molar-refractivity contribution in [3.05, 3.63) is 48.0 Å². The largest absolute Gasteiger partial charge is 2.00 e. The van der Waals surface area contributed by atoms with Gasteiger partial charge in [0.05, 0.1) is 5.71 Å². The van der Waals surface area contributed by atoms with Crippen LogP contribution in [0.15, 0.2) is 62.9 Å². The van der Waals surface area contributed by atoms with E-state index in [1.165, 1.54) is 0 Å². The van der Waals surface area contributed by atoms with E-state index < -0.39 is 12.7 Å². The summed E-state index contributed by atoms with van der Waals surface area (Å²) >= 11 is 9.88. The zero-order valence-electron chi connectivity index (χ0n) is 16.5. The summed E-state index contributed by atoms with van der Waals surface area (Å²) in [4.78, 5) is 0. The summed E-state index contributed by atoms with van der Waals surface area (Å²) in [6.45, 7) is 2.78. The molecule has 0 atom stereocenters. The summed E-state index contributed by atoms with van der Waals surface area (Å²) in [5, 5.41) is 22.4. The average molecular weight is 516 g/mol. The Hall–Kier alpha value is -2.27. The molecule has 6 nitrogen and oxygen atoms in total. The van der Waals surface area contributed by atoms with Crippen molar-refractivity contribution >= 4 is 57.8 Å². The van der Waals surface area contributed by atoms with Crippen molar-refractivity contribution in [1.29, 1.82) is 0 Å². The number of nitrogens with zero attached hydrogens (tertiary/aromatic N) is 4. The van der Waals surface area contributed by atoms with Crippen molar-refractivity contribution in [2.24, 2.45) is 20.4 Å². The summed E-state index contributed by atoms with van der Waals surface area (Å²) in [6.07, 6.45) is -4.41. The second kappa shape index (κ2) is 12.6. The molecule has 31 heavy (non-hydrogen) atoms. The van der Waals surface area contributed by atoms with Crippen molar-refractivity contribution in [2.45, 2.75) is 20.0 Å². The molecule has 0 bridgehead atoms. The Labute approximate surface area is 199 Å². The molecule has 2 N–H and O–H groups in total. The topological polar surface area (TPSA) is 73.5 Å². The third-order valence-electron chi connectivity index (χ3n) is 3.69. The van der Waals surface area contributed by atoms with E-state index in [1.54, 1.807) is 6.92 Å². The van der Waals surface area contributed by atoms with Crippen LogP contribution in [0.1, 0.15) is 19.4 Å². The van der Waals surface area contributed by atoms with Gasteiger partial charge in [-0.3, -0.25) is 0 Å².